The number of nitrogens with one attached hydrogen (secondary N) is 1. The highest BCUT2D eigenvalue weighted by molar-refractivity contribution is 5.98. The number of aryl methyl sites for hydroxylation is 1. The van der Waals surface area contributed by atoms with Crippen LogP contribution in [-0.4, -0.2) is 19.0 Å². The molecule has 3 nitrogen and oxygen atoms in total. The van der Waals surface area contributed by atoms with Gasteiger partial charge >= 0.3 is 0 Å². The lowest BCUT2D eigenvalue weighted by atomic mass is 9.96. The lowest BCUT2D eigenvalue weighted by Crippen LogP contribution is -2.32. The van der Waals surface area contributed by atoms with Crippen molar-refractivity contribution in [3.8, 4) is 0 Å². The average Bonchev–Trinajstić information content (AvgIpc) is 2.76. The predicted molar refractivity (Wildman–Crippen MR) is 68.2 cm³/mol. The number of rotatable bonds is 3. The van der Waals surface area contributed by atoms with Gasteiger partial charge in [0.05, 0.1) is 5.69 Å². The van der Waals surface area contributed by atoms with Gasteiger partial charge in [0.1, 0.15) is 0 Å². The molecule has 0 spiro atoms. The van der Waals surface area contributed by atoms with Gasteiger partial charge in [-0.25, -0.2) is 0 Å². The zero-order chi connectivity index (χ0) is 11.8. The lowest BCUT2D eigenvalue weighted by molar-refractivity contribution is -0.118. The molecule has 0 radical (unpaired) electrons. The standard InChI is InChI=1S/C14H18N2O/c1-2-15-9-10-7-11-3-4-13(17)16-6-5-12(8-10)14(11)16/h7-8,15H,2-6,9H2,1H3. The summed E-state index contributed by atoms with van der Waals surface area (Å²) in [6, 6.07) is 4.53. The van der Waals surface area contributed by atoms with Crippen LogP contribution in [0.3, 0.4) is 0 Å². The fourth-order valence-corrected chi connectivity index (χ4v) is 2.90. The van der Waals surface area contributed by atoms with Crippen molar-refractivity contribution in [3.63, 3.8) is 0 Å². The molecular weight excluding hydrogens is 212 g/mol. The van der Waals surface area contributed by atoms with E-state index in [2.05, 4.69) is 24.4 Å². The second kappa shape index (κ2) is 4.15. The van der Waals surface area contributed by atoms with Gasteiger partial charge < -0.3 is 10.2 Å². The smallest absolute Gasteiger partial charge is 0.227 e. The normalized spacial score (nSPS) is 17.5. The van der Waals surface area contributed by atoms with Crippen LogP contribution in [0.1, 0.15) is 30.0 Å². The summed E-state index contributed by atoms with van der Waals surface area (Å²) in [4.78, 5) is 13.8. The Kier molecular flexibility index (Phi) is 2.63. The van der Waals surface area contributed by atoms with Crippen LogP contribution in [-0.2, 0) is 24.2 Å². The van der Waals surface area contributed by atoms with Crippen LogP contribution in [0.25, 0.3) is 0 Å². The molecule has 2 aliphatic heterocycles. The third kappa shape index (κ3) is 1.75. The van der Waals surface area contributed by atoms with Crippen LogP contribution in [0.2, 0.25) is 0 Å². The highest BCUT2D eigenvalue weighted by Gasteiger charge is 2.31. The second-order valence-electron chi connectivity index (χ2n) is 4.84. The maximum atomic E-state index is 11.8. The lowest BCUT2D eigenvalue weighted by Gasteiger charge is -2.25. The van der Waals surface area contributed by atoms with E-state index in [1.807, 2.05) is 4.90 Å². The van der Waals surface area contributed by atoms with Gasteiger partial charge in [0.15, 0.2) is 0 Å². The van der Waals surface area contributed by atoms with Crippen molar-refractivity contribution in [3.05, 3.63) is 28.8 Å². The Morgan fingerprint density at radius 2 is 2.00 bits per heavy atom. The van der Waals surface area contributed by atoms with E-state index in [-0.39, 0.29) is 0 Å². The maximum absolute atomic E-state index is 11.8. The summed E-state index contributed by atoms with van der Waals surface area (Å²) in [7, 11) is 0. The van der Waals surface area contributed by atoms with Crippen molar-refractivity contribution in [1.82, 2.24) is 5.32 Å². The van der Waals surface area contributed by atoms with E-state index >= 15 is 0 Å². The molecule has 1 N–H and O–H groups in total. The minimum absolute atomic E-state index is 0.302. The third-order valence-electron chi connectivity index (χ3n) is 3.69. The molecule has 2 heterocycles. The van der Waals surface area contributed by atoms with Crippen molar-refractivity contribution in [2.24, 2.45) is 0 Å². The minimum atomic E-state index is 0.302. The molecule has 0 saturated heterocycles. The largest absolute Gasteiger partial charge is 0.313 e. The fourth-order valence-electron chi connectivity index (χ4n) is 2.90. The van der Waals surface area contributed by atoms with Crippen molar-refractivity contribution in [2.45, 2.75) is 32.7 Å². The van der Waals surface area contributed by atoms with Crippen LogP contribution >= 0.6 is 0 Å². The quantitative estimate of drug-likeness (QED) is 0.856. The summed E-state index contributed by atoms with van der Waals surface area (Å²) in [6.45, 7) is 4.94. The number of nitrogens with zero attached hydrogens (tertiary/aromatic N) is 1. The molecule has 1 aromatic carbocycles. The summed E-state index contributed by atoms with van der Waals surface area (Å²) in [6.07, 6.45) is 2.61. The van der Waals surface area contributed by atoms with Crippen molar-refractivity contribution in [1.29, 1.82) is 0 Å². The van der Waals surface area contributed by atoms with Crippen LogP contribution in [0.4, 0.5) is 5.69 Å². The van der Waals surface area contributed by atoms with Crippen molar-refractivity contribution < 1.29 is 4.79 Å². The number of carbonyl (C=O) groups excluding carboxylic acids is 1. The van der Waals surface area contributed by atoms with E-state index in [4.69, 9.17) is 0 Å². The predicted octanol–water partition coefficient (Wildman–Crippen LogP) is 1.63. The Hall–Kier alpha value is -1.35. The summed E-state index contributed by atoms with van der Waals surface area (Å²) in [5.41, 5.74) is 5.31. The minimum Gasteiger partial charge on any atom is -0.313 e. The number of anilines is 1. The Balaban J connectivity index is 1.98. The zero-order valence-electron chi connectivity index (χ0n) is 10.3. The molecule has 0 saturated carbocycles. The van der Waals surface area contributed by atoms with E-state index in [1.165, 1.54) is 22.4 Å². The van der Waals surface area contributed by atoms with E-state index in [0.29, 0.717) is 12.3 Å². The fraction of sp³-hybridized carbons (Fsp3) is 0.500. The van der Waals surface area contributed by atoms with Gasteiger partial charge in [-0.05, 0) is 36.1 Å². The monoisotopic (exact) mass is 230 g/mol. The number of hydrogen-bond acceptors (Lipinski definition) is 2. The van der Waals surface area contributed by atoms with Crippen LogP contribution < -0.4 is 10.2 Å². The summed E-state index contributed by atoms with van der Waals surface area (Å²) < 4.78 is 0. The molecular formula is C14H18N2O. The molecule has 90 valence electrons. The van der Waals surface area contributed by atoms with Crippen LogP contribution in [0.15, 0.2) is 12.1 Å². The first-order chi connectivity index (χ1) is 8.29. The number of amides is 1. The number of benzene rings is 1. The molecule has 2 aliphatic rings. The van der Waals surface area contributed by atoms with Crippen molar-refractivity contribution >= 4 is 11.6 Å². The maximum Gasteiger partial charge on any atom is 0.227 e. The molecule has 0 aromatic heterocycles. The Bertz CT molecular complexity index is 468. The number of hydrogen-bond donors (Lipinski definition) is 1. The van der Waals surface area contributed by atoms with Crippen LogP contribution in [0.5, 0.6) is 0 Å². The molecule has 3 rings (SSSR count). The molecule has 0 bridgehead atoms. The first-order valence-corrected chi connectivity index (χ1v) is 6.45. The molecule has 0 unspecified atom stereocenters. The van der Waals surface area contributed by atoms with Crippen molar-refractivity contribution in [2.75, 3.05) is 18.0 Å². The van der Waals surface area contributed by atoms with E-state index in [1.54, 1.807) is 0 Å². The third-order valence-corrected chi connectivity index (χ3v) is 3.69. The van der Waals surface area contributed by atoms with E-state index in [9.17, 15) is 4.79 Å². The van der Waals surface area contributed by atoms with Gasteiger partial charge in [-0.15, -0.1) is 0 Å². The highest BCUT2D eigenvalue weighted by Crippen LogP contribution is 2.37. The Labute approximate surface area is 102 Å². The summed E-state index contributed by atoms with van der Waals surface area (Å²) in [5.74, 6) is 0.302. The molecule has 0 fully saturated rings. The van der Waals surface area contributed by atoms with E-state index in [0.717, 1.165) is 32.5 Å². The summed E-state index contributed by atoms with van der Waals surface area (Å²) in [5, 5.41) is 3.36. The molecule has 17 heavy (non-hydrogen) atoms. The van der Waals surface area contributed by atoms with Gasteiger partial charge in [0, 0.05) is 19.5 Å². The molecule has 1 aromatic rings. The molecule has 1 amide bonds. The van der Waals surface area contributed by atoms with Gasteiger partial charge in [0.2, 0.25) is 5.91 Å². The molecule has 0 aliphatic carbocycles. The van der Waals surface area contributed by atoms with Gasteiger partial charge in [-0.1, -0.05) is 19.1 Å². The zero-order valence-corrected chi connectivity index (χ0v) is 10.3. The van der Waals surface area contributed by atoms with Crippen LogP contribution in [0, 0.1) is 0 Å². The second-order valence-corrected chi connectivity index (χ2v) is 4.84. The highest BCUT2D eigenvalue weighted by atomic mass is 16.2. The SMILES string of the molecule is CCNCc1cc2c3c(c1)CCN3C(=O)CC2. The number of carbonyl (C=O) groups is 1. The molecule has 3 heteroatoms. The topological polar surface area (TPSA) is 32.3 Å². The average molecular weight is 230 g/mol. The molecule has 0 atom stereocenters. The Morgan fingerprint density at radius 1 is 1.24 bits per heavy atom. The summed E-state index contributed by atoms with van der Waals surface area (Å²) >= 11 is 0. The van der Waals surface area contributed by atoms with Gasteiger partial charge in [-0.3, -0.25) is 4.79 Å². The Morgan fingerprint density at radius 3 is 2.76 bits per heavy atom. The first-order valence-electron chi connectivity index (χ1n) is 6.45. The van der Waals surface area contributed by atoms with Gasteiger partial charge in [-0.2, -0.15) is 0 Å². The van der Waals surface area contributed by atoms with Gasteiger partial charge in [0.25, 0.3) is 0 Å². The first kappa shape index (κ1) is 10.8. The van der Waals surface area contributed by atoms with E-state index < -0.39 is 0 Å².